The molecule has 0 amide bonds. The first kappa shape index (κ1) is 16.2. The van der Waals surface area contributed by atoms with Gasteiger partial charge in [-0.3, -0.25) is 0 Å². The maximum atomic E-state index is 13.7. The molecule has 1 fully saturated rings. The van der Waals surface area contributed by atoms with Gasteiger partial charge in [-0.05, 0) is 31.4 Å². The van der Waals surface area contributed by atoms with Gasteiger partial charge in [-0.1, -0.05) is 19.3 Å². The van der Waals surface area contributed by atoms with E-state index in [0.717, 1.165) is 31.4 Å². The van der Waals surface area contributed by atoms with E-state index in [2.05, 4.69) is 0 Å². The summed E-state index contributed by atoms with van der Waals surface area (Å²) in [6.45, 7) is 1.54. The van der Waals surface area contributed by atoms with Crippen LogP contribution in [0.3, 0.4) is 0 Å². The molecule has 0 spiro atoms. The third-order valence-electron chi connectivity index (χ3n) is 3.78. The second kappa shape index (κ2) is 6.32. The molecule has 0 bridgehead atoms. The van der Waals surface area contributed by atoms with Crippen molar-refractivity contribution in [1.29, 1.82) is 0 Å². The highest BCUT2D eigenvalue weighted by atomic mass is 35.7. The van der Waals surface area contributed by atoms with E-state index in [1.807, 2.05) is 0 Å². The van der Waals surface area contributed by atoms with Gasteiger partial charge in [0.15, 0.2) is 0 Å². The minimum Gasteiger partial charge on any atom is -0.462 e. The number of carbonyl (C=O) groups is 1. The minimum atomic E-state index is -4.12. The molecule has 21 heavy (non-hydrogen) atoms. The fourth-order valence-electron chi connectivity index (χ4n) is 2.21. The Labute approximate surface area is 127 Å². The van der Waals surface area contributed by atoms with Crippen molar-refractivity contribution in [3.63, 3.8) is 0 Å². The van der Waals surface area contributed by atoms with Crippen LogP contribution >= 0.6 is 10.7 Å². The average Bonchev–Trinajstić information content (AvgIpc) is 2.33. The summed E-state index contributed by atoms with van der Waals surface area (Å²) in [5.74, 6) is -0.955. The highest BCUT2D eigenvalue weighted by Gasteiger charge is 2.22. The Morgan fingerprint density at radius 2 is 2.10 bits per heavy atom. The molecule has 1 aromatic carbocycles. The molecular formula is C14H16ClFO4S. The van der Waals surface area contributed by atoms with E-state index in [9.17, 15) is 17.6 Å². The highest BCUT2D eigenvalue weighted by Crippen LogP contribution is 2.29. The minimum absolute atomic E-state index is 0.115. The van der Waals surface area contributed by atoms with E-state index in [1.54, 1.807) is 0 Å². The molecule has 0 aromatic heterocycles. The lowest BCUT2D eigenvalue weighted by molar-refractivity contribution is 0.0463. The Kier molecular flexibility index (Phi) is 4.88. The zero-order chi connectivity index (χ0) is 15.6. The first-order valence-corrected chi connectivity index (χ1v) is 9.02. The number of hydrogen-bond donors (Lipinski definition) is 0. The number of hydrogen-bond acceptors (Lipinski definition) is 4. The lowest BCUT2D eigenvalue weighted by Gasteiger charge is -2.24. The third-order valence-corrected chi connectivity index (χ3v) is 5.23. The average molecular weight is 335 g/mol. The lowest BCUT2D eigenvalue weighted by Crippen LogP contribution is -2.16. The van der Waals surface area contributed by atoms with Gasteiger partial charge in [-0.25, -0.2) is 17.6 Å². The van der Waals surface area contributed by atoms with Crippen LogP contribution in [-0.4, -0.2) is 21.0 Å². The molecule has 0 N–H and O–H groups in total. The predicted molar refractivity (Wildman–Crippen MR) is 76.4 cm³/mol. The molecule has 0 heterocycles. The monoisotopic (exact) mass is 334 g/mol. The van der Waals surface area contributed by atoms with E-state index in [-0.39, 0.29) is 17.7 Å². The predicted octanol–water partition coefficient (Wildman–Crippen LogP) is 3.41. The Hall–Kier alpha value is -1.14. The van der Waals surface area contributed by atoms with E-state index in [1.165, 1.54) is 13.3 Å². The third kappa shape index (κ3) is 3.95. The van der Waals surface area contributed by atoms with Gasteiger partial charge in [0.25, 0.3) is 9.05 Å². The molecule has 0 unspecified atom stereocenters. The fraction of sp³-hybridized carbons (Fsp3) is 0.500. The fourth-order valence-corrected chi connectivity index (χ4v) is 3.42. The Morgan fingerprint density at radius 1 is 1.43 bits per heavy atom. The Bertz CT molecular complexity index is 653. The van der Waals surface area contributed by atoms with Crippen LogP contribution in [0, 0.1) is 18.7 Å². The van der Waals surface area contributed by atoms with Crippen molar-refractivity contribution in [2.45, 2.75) is 37.5 Å². The van der Waals surface area contributed by atoms with Gasteiger partial charge in [0.1, 0.15) is 5.82 Å². The molecule has 2 rings (SSSR count). The Morgan fingerprint density at radius 3 is 2.62 bits per heavy atom. The largest absolute Gasteiger partial charge is 0.462 e. The molecule has 0 radical (unpaired) electrons. The molecular weight excluding hydrogens is 319 g/mol. The molecule has 1 aromatic rings. The van der Waals surface area contributed by atoms with Gasteiger partial charge in [0.05, 0.1) is 17.1 Å². The van der Waals surface area contributed by atoms with Crippen LogP contribution < -0.4 is 0 Å². The van der Waals surface area contributed by atoms with E-state index in [4.69, 9.17) is 15.4 Å². The summed E-state index contributed by atoms with van der Waals surface area (Å²) in [5.41, 5.74) is -0.262. The van der Waals surface area contributed by atoms with Gasteiger partial charge >= 0.3 is 5.97 Å². The SMILES string of the molecule is Cc1c(F)cc(C(=O)OCCC2CCC2)cc1S(=O)(=O)Cl. The standard InChI is InChI=1S/C14H16ClFO4S/c1-9-12(16)7-11(8-13(9)21(15,18)19)14(17)20-6-5-10-3-2-4-10/h7-8,10H,2-6H2,1H3. The molecule has 0 saturated heterocycles. The molecule has 0 aliphatic heterocycles. The van der Waals surface area contributed by atoms with Crippen molar-refractivity contribution < 1.29 is 22.3 Å². The maximum absolute atomic E-state index is 13.7. The van der Waals surface area contributed by atoms with Crippen molar-refractivity contribution >= 4 is 25.7 Å². The summed E-state index contributed by atoms with van der Waals surface area (Å²) in [6.07, 6.45) is 4.27. The first-order valence-electron chi connectivity index (χ1n) is 6.71. The number of rotatable bonds is 5. The van der Waals surface area contributed by atoms with Crippen LogP contribution in [0.1, 0.15) is 41.6 Å². The summed E-state index contributed by atoms with van der Waals surface area (Å²) in [7, 11) is 1.12. The van der Waals surface area contributed by atoms with Crippen molar-refractivity contribution in [3.8, 4) is 0 Å². The van der Waals surface area contributed by atoms with Crippen molar-refractivity contribution in [2.75, 3.05) is 6.61 Å². The van der Waals surface area contributed by atoms with Gasteiger partial charge in [-0.2, -0.15) is 0 Å². The number of esters is 1. The van der Waals surface area contributed by atoms with Crippen molar-refractivity contribution in [2.24, 2.45) is 5.92 Å². The topological polar surface area (TPSA) is 60.4 Å². The van der Waals surface area contributed by atoms with Crippen LogP contribution in [-0.2, 0) is 13.8 Å². The molecule has 1 aliphatic carbocycles. The normalized spacial score (nSPS) is 15.6. The second-order valence-electron chi connectivity index (χ2n) is 5.24. The highest BCUT2D eigenvalue weighted by molar-refractivity contribution is 8.13. The molecule has 4 nitrogen and oxygen atoms in total. The molecule has 0 atom stereocenters. The molecule has 116 valence electrons. The van der Waals surface area contributed by atoms with E-state index < -0.39 is 25.7 Å². The van der Waals surface area contributed by atoms with Crippen molar-refractivity contribution in [1.82, 2.24) is 0 Å². The van der Waals surface area contributed by atoms with Crippen molar-refractivity contribution in [3.05, 3.63) is 29.1 Å². The Balaban J connectivity index is 2.11. The zero-order valence-electron chi connectivity index (χ0n) is 11.6. The number of carbonyl (C=O) groups excluding carboxylic acids is 1. The van der Waals surface area contributed by atoms with Crippen LogP contribution in [0.25, 0.3) is 0 Å². The second-order valence-corrected chi connectivity index (χ2v) is 7.77. The molecule has 7 heteroatoms. The first-order chi connectivity index (χ1) is 9.79. The van der Waals surface area contributed by atoms with Gasteiger partial charge in [-0.15, -0.1) is 0 Å². The summed E-state index contributed by atoms with van der Waals surface area (Å²) in [6, 6.07) is 2.01. The van der Waals surface area contributed by atoms with Crippen LogP contribution in [0.15, 0.2) is 17.0 Å². The quantitative estimate of drug-likeness (QED) is 0.611. The smallest absolute Gasteiger partial charge is 0.338 e. The maximum Gasteiger partial charge on any atom is 0.338 e. The van der Waals surface area contributed by atoms with Crippen LogP contribution in [0.5, 0.6) is 0 Å². The lowest BCUT2D eigenvalue weighted by atomic mass is 9.83. The van der Waals surface area contributed by atoms with Crippen LogP contribution in [0.2, 0.25) is 0 Å². The summed E-state index contributed by atoms with van der Waals surface area (Å²) < 4.78 is 41.5. The summed E-state index contributed by atoms with van der Waals surface area (Å²) in [5, 5.41) is 0. The number of ether oxygens (including phenoxy) is 1. The summed E-state index contributed by atoms with van der Waals surface area (Å²) >= 11 is 0. The number of halogens is 2. The number of benzene rings is 1. The van der Waals surface area contributed by atoms with Crippen LogP contribution in [0.4, 0.5) is 4.39 Å². The summed E-state index contributed by atoms with van der Waals surface area (Å²) in [4.78, 5) is 11.4. The van der Waals surface area contributed by atoms with Gasteiger partial charge < -0.3 is 4.74 Å². The molecule has 1 saturated carbocycles. The molecule has 1 aliphatic rings. The van der Waals surface area contributed by atoms with E-state index in [0.29, 0.717) is 5.92 Å². The van der Waals surface area contributed by atoms with Gasteiger partial charge in [0, 0.05) is 16.2 Å². The van der Waals surface area contributed by atoms with Gasteiger partial charge in [0.2, 0.25) is 0 Å². The zero-order valence-corrected chi connectivity index (χ0v) is 13.1. The van der Waals surface area contributed by atoms with E-state index >= 15 is 0 Å².